The molecule has 0 bridgehead atoms. The molecule has 1 aliphatic rings. The number of aromatic nitrogens is 4. The number of amides is 1. The second kappa shape index (κ2) is 6.27. The molecule has 0 aliphatic carbocycles. The summed E-state index contributed by atoms with van der Waals surface area (Å²) in [4.78, 5) is 20.7. The molecule has 0 radical (unpaired) electrons. The Bertz CT molecular complexity index is 1240. The quantitative estimate of drug-likeness (QED) is 0.599. The van der Waals surface area contributed by atoms with Crippen LogP contribution in [0.5, 0.6) is 0 Å². The van der Waals surface area contributed by atoms with Gasteiger partial charge in [-0.3, -0.25) is 19.4 Å². The van der Waals surface area contributed by atoms with Gasteiger partial charge in [-0.05, 0) is 55.7 Å². The lowest BCUT2D eigenvalue weighted by molar-refractivity contribution is 0.100. The third-order valence-corrected chi connectivity index (χ3v) is 5.27. The van der Waals surface area contributed by atoms with Crippen LogP contribution in [0.25, 0.3) is 33.4 Å². The molecule has 0 spiro atoms. The molecule has 4 heterocycles. The third kappa shape index (κ3) is 2.57. The number of primary amides is 1. The highest BCUT2D eigenvalue weighted by Crippen LogP contribution is 2.39. The summed E-state index contributed by atoms with van der Waals surface area (Å²) in [5.74, 6) is -0.454. The number of carbonyl (C=O) groups is 1. The van der Waals surface area contributed by atoms with Crippen molar-refractivity contribution < 1.29 is 4.79 Å². The number of aryl methyl sites for hydroxylation is 2. The van der Waals surface area contributed by atoms with Crippen molar-refractivity contribution in [2.24, 2.45) is 5.73 Å². The first kappa shape index (κ1) is 16.6. The van der Waals surface area contributed by atoms with Gasteiger partial charge in [-0.2, -0.15) is 5.10 Å². The highest BCUT2D eigenvalue weighted by molar-refractivity contribution is 6.02. The molecule has 138 valence electrons. The van der Waals surface area contributed by atoms with Gasteiger partial charge >= 0.3 is 0 Å². The second-order valence-electron chi connectivity index (χ2n) is 7.12. The normalized spacial score (nSPS) is 13.0. The third-order valence-electron chi connectivity index (χ3n) is 5.27. The fraction of sp³-hybridized carbons (Fsp3) is 0.182. The van der Waals surface area contributed by atoms with Gasteiger partial charge in [0.1, 0.15) is 5.69 Å². The Kier molecular flexibility index (Phi) is 3.72. The van der Waals surface area contributed by atoms with Gasteiger partial charge in [0.05, 0.1) is 11.2 Å². The van der Waals surface area contributed by atoms with Crippen LogP contribution >= 0.6 is 0 Å². The maximum Gasteiger partial charge on any atom is 0.248 e. The van der Waals surface area contributed by atoms with Crippen LogP contribution in [-0.2, 0) is 13.0 Å². The van der Waals surface area contributed by atoms with Crippen LogP contribution in [0, 0.1) is 6.92 Å². The molecule has 6 heteroatoms. The summed E-state index contributed by atoms with van der Waals surface area (Å²) in [7, 11) is 0. The number of rotatable bonds is 3. The SMILES string of the molecule is Cc1cccc(-c2nn3c(c2-c2ccnc4cc(C(N)=O)ccc24)CCC3)n1. The number of fused-ring (bicyclic) bond motifs is 2. The highest BCUT2D eigenvalue weighted by Gasteiger charge is 2.25. The Labute approximate surface area is 162 Å². The van der Waals surface area contributed by atoms with Gasteiger partial charge in [0.2, 0.25) is 5.91 Å². The first-order valence-corrected chi connectivity index (χ1v) is 9.34. The second-order valence-corrected chi connectivity index (χ2v) is 7.12. The predicted octanol–water partition coefficient (Wildman–Crippen LogP) is 3.51. The monoisotopic (exact) mass is 369 g/mol. The number of hydrogen-bond acceptors (Lipinski definition) is 4. The lowest BCUT2D eigenvalue weighted by Crippen LogP contribution is -2.10. The van der Waals surface area contributed by atoms with Crippen LogP contribution in [0.15, 0.2) is 48.7 Å². The summed E-state index contributed by atoms with van der Waals surface area (Å²) in [5.41, 5.74) is 12.8. The molecule has 0 fully saturated rings. The number of nitrogens with two attached hydrogens (primary N) is 1. The Hall–Kier alpha value is -3.54. The fourth-order valence-corrected chi connectivity index (χ4v) is 3.99. The minimum atomic E-state index is -0.454. The maximum atomic E-state index is 11.6. The molecular weight excluding hydrogens is 350 g/mol. The maximum absolute atomic E-state index is 11.6. The number of pyridine rings is 2. The standard InChI is InChI=1S/C22H19N5O/c1-13-4-2-5-17(25-13)21-20(19-6-3-11-27(19)26-21)16-9-10-24-18-12-14(22(23)28)7-8-15(16)18/h2,4-5,7-10,12H,3,6,11H2,1H3,(H2,23,28). The van der Waals surface area contributed by atoms with Crippen molar-refractivity contribution in [2.75, 3.05) is 0 Å². The van der Waals surface area contributed by atoms with Crippen molar-refractivity contribution in [3.8, 4) is 22.5 Å². The van der Waals surface area contributed by atoms with Crippen molar-refractivity contribution in [2.45, 2.75) is 26.3 Å². The van der Waals surface area contributed by atoms with Gasteiger partial charge in [-0.25, -0.2) is 0 Å². The molecule has 4 aromatic rings. The Morgan fingerprint density at radius 3 is 2.89 bits per heavy atom. The lowest BCUT2D eigenvalue weighted by atomic mass is 9.96. The number of nitrogens with zero attached hydrogens (tertiary/aromatic N) is 4. The summed E-state index contributed by atoms with van der Waals surface area (Å²) in [6, 6.07) is 13.4. The zero-order valence-electron chi connectivity index (χ0n) is 15.5. The van der Waals surface area contributed by atoms with Crippen molar-refractivity contribution in [1.29, 1.82) is 0 Å². The zero-order chi connectivity index (χ0) is 19.3. The molecule has 3 aromatic heterocycles. The van der Waals surface area contributed by atoms with E-state index in [1.54, 1.807) is 18.3 Å². The molecule has 1 aromatic carbocycles. The molecule has 0 unspecified atom stereocenters. The smallest absolute Gasteiger partial charge is 0.248 e. The Morgan fingerprint density at radius 2 is 2.07 bits per heavy atom. The number of hydrogen-bond donors (Lipinski definition) is 1. The first-order valence-electron chi connectivity index (χ1n) is 9.34. The molecule has 5 rings (SSSR count). The van der Waals surface area contributed by atoms with Crippen molar-refractivity contribution in [3.63, 3.8) is 0 Å². The van der Waals surface area contributed by atoms with Gasteiger partial charge in [0.15, 0.2) is 0 Å². The summed E-state index contributed by atoms with van der Waals surface area (Å²) in [6.45, 7) is 2.91. The summed E-state index contributed by atoms with van der Waals surface area (Å²) >= 11 is 0. The molecule has 0 saturated carbocycles. The molecule has 1 amide bonds. The van der Waals surface area contributed by atoms with Gasteiger partial charge < -0.3 is 5.73 Å². The molecule has 0 saturated heterocycles. The van der Waals surface area contributed by atoms with E-state index >= 15 is 0 Å². The Balaban J connectivity index is 1.79. The van der Waals surface area contributed by atoms with E-state index in [4.69, 9.17) is 15.8 Å². The van der Waals surface area contributed by atoms with E-state index in [0.717, 1.165) is 58.5 Å². The van der Waals surface area contributed by atoms with E-state index in [0.29, 0.717) is 5.56 Å². The van der Waals surface area contributed by atoms with Gasteiger partial charge in [-0.1, -0.05) is 12.1 Å². The number of benzene rings is 1. The van der Waals surface area contributed by atoms with E-state index in [1.807, 2.05) is 37.3 Å². The van der Waals surface area contributed by atoms with Crippen LogP contribution in [0.4, 0.5) is 0 Å². The molecule has 6 nitrogen and oxygen atoms in total. The van der Waals surface area contributed by atoms with Gasteiger partial charge in [0, 0.05) is 40.6 Å². The summed E-state index contributed by atoms with van der Waals surface area (Å²) < 4.78 is 2.10. The van der Waals surface area contributed by atoms with E-state index in [-0.39, 0.29) is 0 Å². The Morgan fingerprint density at radius 1 is 1.18 bits per heavy atom. The minimum Gasteiger partial charge on any atom is -0.366 e. The van der Waals surface area contributed by atoms with Crippen LogP contribution < -0.4 is 5.73 Å². The first-order chi connectivity index (χ1) is 13.6. The van der Waals surface area contributed by atoms with E-state index in [1.165, 1.54) is 5.69 Å². The number of carbonyl (C=O) groups excluding carboxylic acids is 1. The fourth-order valence-electron chi connectivity index (χ4n) is 3.99. The molecular formula is C22H19N5O. The van der Waals surface area contributed by atoms with Crippen molar-refractivity contribution in [1.82, 2.24) is 19.7 Å². The highest BCUT2D eigenvalue weighted by atomic mass is 16.1. The van der Waals surface area contributed by atoms with Crippen LogP contribution in [0.3, 0.4) is 0 Å². The molecule has 2 N–H and O–H groups in total. The van der Waals surface area contributed by atoms with Gasteiger partial charge in [-0.15, -0.1) is 0 Å². The van der Waals surface area contributed by atoms with Crippen LogP contribution in [0.1, 0.15) is 28.2 Å². The predicted molar refractivity (Wildman–Crippen MR) is 108 cm³/mol. The molecule has 28 heavy (non-hydrogen) atoms. The minimum absolute atomic E-state index is 0.454. The zero-order valence-corrected chi connectivity index (χ0v) is 15.5. The van der Waals surface area contributed by atoms with Crippen molar-refractivity contribution in [3.05, 3.63) is 65.6 Å². The van der Waals surface area contributed by atoms with E-state index in [2.05, 4.69) is 9.67 Å². The van der Waals surface area contributed by atoms with E-state index in [9.17, 15) is 4.79 Å². The average Bonchev–Trinajstić information content (AvgIpc) is 3.28. The lowest BCUT2D eigenvalue weighted by Gasteiger charge is -2.10. The summed E-state index contributed by atoms with van der Waals surface area (Å²) in [5, 5.41) is 5.87. The molecule has 1 aliphatic heterocycles. The van der Waals surface area contributed by atoms with E-state index < -0.39 is 5.91 Å². The average molecular weight is 369 g/mol. The van der Waals surface area contributed by atoms with Gasteiger partial charge in [0.25, 0.3) is 0 Å². The van der Waals surface area contributed by atoms with Crippen molar-refractivity contribution >= 4 is 16.8 Å². The molecule has 0 atom stereocenters. The largest absolute Gasteiger partial charge is 0.366 e. The van der Waals surface area contributed by atoms with Crippen LogP contribution in [-0.4, -0.2) is 25.7 Å². The summed E-state index contributed by atoms with van der Waals surface area (Å²) in [6.07, 6.45) is 3.85. The topological polar surface area (TPSA) is 86.7 Å². The van der Waals surface area contributed by atoms with Crippen LogP contribution in [0.2, 0.25) is 0 Å².